The van der Waals surface area contributed by atoms with Gasteiger partial charge in [-0.2, -0.15) is 0 Å². The minimum atomic E-state index is -0.679. The molecule has 2 amide bonds. The number of fused-ring (bicyclic) bond motifs is 1. The lowest BCUT2D eigenvalue weighted by Gasteiger charge is -2.31. The molecule has 1 aromatic carbocycles. The van der Waals surface area contributed by atoms with Crippen LogP contribution in [0.2, 0.25) is 0 Å². The highest BCUT2D eigenvalue weighted by Gasteiger charge is 2.23. The molecule has 2 aromatic rings. The SMILES string of the molecule is CC(=O)N1CCC(Oc2cc(C(=O)NC[C@@H](O)CNC3Cc4ccccc4C3)ccn2)CC1. The van der Waals surface area contributed by atoms with Gasteiger partial charge in [-0.05, 0) is 30.0 Å². The molecule has 3 N–H and O–H groups in total. The standard InChI is InChI=1S/C25H32N4O4/c1-17(30)29-10-7-23(8-11-29)33-24-14-20(6-9-26-24)25(32)28-16-22(31)15-27-21-12-18-4-2-3-5-19(18)13-21/h2-6,9,14,21-23,27,31H,7-8,10-13,15-16H2,1H3,(H,28,32)/t22-/m0/s1. The fourth-order valence-electron chi connectivity index (χ4n) is 4.47. The molecule has 1 atom stereocenters. The van der Waals surface area contributed by atoms with Gasteiger partial charge >= 0.3 is 0 Å². The van der Waals surface area contributed by atoms with Gasteiger partial charge in [-0.1, -0.05) is 24.3 Å². The van der Waals surface area contributed by atoms with Crippen molar-refractivity contribution in [3.05, 3.63) is 59.3 Å². The quantitative estimate of drug-likeness (QED) is 0.558. The van der Waals surface area contributed by atoms with Gasteiger partial charge in [0.1, 0.15) is 6.10 Å². The molecule has 8 heteroatoms. The number of piperidine rings is 1. The molecule has 4 rings (SSSR count). The van der Waals surface area contributed by atoms with Crippen molar-refractivity contribution in [3.8, 4) is 5.88 Å². The van der Waals surface area contributed by atoms with Crippen LogP contribution in [-0.4, -0.2) is 71.2 Å². The van der Waals surface area contributed by atoms with E-state index in [2.05, 4.69) is 39.9 Å². The predicted octanol–water partition coefficient (Wildman–Crippen LogP) is 1.32. The lowest BCUT2D eigenvalue weighted by Crippen LogP contribution is -2.42. The Bertz CT molecular complexity index is 949. The predicted molar refractivity (Wildman–Crippen MR) is 124 cm³/mol. The highest BCUT2D eigenvalue weighted by atomic mass is 16.5. The van der Waals surface area contributed by atoms with Gasteiger partial charge in [-0.15, -0.1) is 0 Å². The lowest BCUT2D eigenvalue weighted by molar-refractivity contribution is -0.130. The van der Waals surface area contributed by atoms with E-state index in [0.717, 1.165) is 25.7 Å². The number of nitrogens with one attached hydrogen (secondary N) is 2. The molecule has 1 aliphatic carbocycles. The number of rotatable bonds is 8. The second-order valence-corrected chi connectivity index (χ2v) is 8.85. The van der Waals surface area contributed by atoms with E-state index in [0.29, 0.717) is 37.1 Å². The average molecular weight is 453 g/mol. The molecule has 176 valence electrons. The molecule has 0 bridgehead atoms. The van der Waals surface area contributed by atoms with Gasteiger partial charge in [-0.3, -0.25) is 9.59 Å². The lowest BCUT2D eigenvalue weighted by atomic mass is 10.1. The molecule has 2 heterocycles. The Hall–Kier alpha value is -2.97. The fraction of sp³-hybridized carbons (Fsp3) is 0.480. The van der Waals surface area contributed by atoms with E-state index in [-0.39, 0.29) is 24.5 Å². The molecule has 1 saturated heterocycles. The number of pyridine rings is 1. The smallest absolute Gasteiger partial charge is 0.251 e. The molecular formula is C25H32N4O4. The minimum absolute atomic E-state index is 0.0268. The van der Waals surface area contributed by atoms with Crippen molar-refractivity contribution in [2.24, 2.45) is 0 Å². The fourth-order valence-corrected chi connectivity index (χ4v) is 4.47. The summed E-state index contributed by atoms with van der Waals surface area (Å²) in [7, 11) is 0. The summed E-state index contributed by atoms with van der Waals surface area (Å²) in [5.74, 6) is 0.198. The summed E-state index contributed by atoms with van der Waals surface area (Å²) in [4.78, 5) is 30.0. The van der Waals surface area contributed by atoms with Crippen LogP contribution in [0.5, 0.6) is 5.88 Å². The van der Waals surface area contributed by atoms with E-state index < -0.39 is 6.10 Å². The number of carbonyl (C=O) groups excluding carboxylic acids is 2. The highest BCUT2D eigenvalue weighted by molar-refractivity contribution is 5.94. The van der Waals surface area contributed by atoms with Crippen LogP contribution in [0.4, 0.5) is 0 Å². The molecule has 1 fully saturated rings. The first-order valence-electron chi connectivity index (χ1n) is 11.6. The van der Waals surface area contributed by atoms with Crippen molar-refractivity contribution in [2.45, 2.75) is 50.9 Å². The van der Waals surface area contributed by atoms with Crippen LogP contribution in [-0.2, 0) is 17.6 Å². The number of ether oxygens (including phenoxy) is 1. The summed E-state index contributed by atoms with van der Waals surface area (Å²) in [5.41, 5.74) is 3.16. The molecule has 1 aromatic heterocycles. The number of amides is 2. The van der Waals surface area contributed by atoms with Crippen molar-refractivity contribution in [1.29, 1.82) is 0 Å². The van der Waals surface area contributed by atoms with Crippen LogP contribution in [0.25, 0.3) is 0 Å². The minimum Gasteiger partial charge on any atom is -0.474 e. The third-order valence-electron chi connectivity index (χ3n) is 6.36. The molecular weight excluding hydrogens is 420 g/mol. The zero-order valence-corrected chi connectivity index (χ0v) is 19.0. The van der Waals surface area contributed by atoms with Gasteiger partial charge in [0.2, 0.25) is 11.8 Å². The maximum Gasteiger partial charge on any atom is 0.251 e. The van der Waals surface area contributed by atoms with Gasteiger partial charge < -0.3 is 25.4 Å². The summed E-state index contributed by atoms with van der Waals surface area (Å²) in [6.45, 7) is 3.49. The topological polar surface area (TPSA) is 104 Å². The van der Waals surface area contributed by atoms with Gasteiger partial charge in [0.05, 0.1) is 6.10 Å². The Morgan fingerprint density at radius 3 is 2.52 bits per heavy atom. The Morgan fingerprint density at radius 2 is 1.85 bits per heavy atom. The number of aliphatic hydroxyl groups is 1. The summed E-state index contributed by atoms with van der Waals surface area (Å²) in [6.07, 6.45) is 4.24. The van der Waals surface area contributed by atoms with Gasteiger partial charge in [0.25, 0.3) is 5.91 Å². The van der Waals surface area contributed by atoms with Crippen molar-refractivity contribution in [2.75, 3.05) is 26.2 Å². The van der Waals surface area contributed by atoms with Crippen LogP contribution < -0.4 is 15.4 Å². The molecule has 0 spiro atoms. The number of hydrogen-bond acceptors (Lipinski definition) is 6. The van der Waals surface area contributed by atoms with Crippen LogP contribution in [0.15, 0.2) is 42.6 Å². The summed E-state index contributed by atoms with van der Waals surface area (Å²) in [6, 6.07) is 12.0. The van der Waals surface area contributed by atoms with E-state index >= 15 is 0 Å². The molecule has 2 aliphatic rings. The van der Waals surface area contributed by atoms with E-state index in [1.165, 1.54) is 11.1 Å². The van der Waals surface area contributed by atoms with Crippen molar-refractivity contribution in [3.63, 3.8) is 0 Å². The Kier molecular flexibility index (Phi) is 7.57. The number of benzene rings is 1. The number of likely N-dealkylation sites (tertiary alicyclic amines) is 1. The highest BCUT2D eigenvalue weighted by Crippen LogP contribution is 2.21. The Morgan fingerprint density at radius 1 is 1.15 bits per heavy atom. The molecule has 0 radical (unpaired) electrons. The Labute approximate surface area is 194 Å². The van der Waals surface area contributed by atoms with E-state index in [9.17, 15) is 14.7 Å². The van der Waals surface area contributed by atoms with Crippen molar-refractivity contribution >= 4 is 11.8 Å². The third kappa shape index (κ3) is 6.30. The zero-order valence-electron chi connectivity index (χ0n) is 19.0. The molecule has 8 nitrogen and oxygen atoms in total. The largest absolute Gasteiger partial charge is 0.474 e. The maximum atomic E-state index is 12.6. The number of aliphatic hydroxyl groups excluding tert-OH is 1. The number of aromatic nitrogens is 1. The van der Waals surface area contributed by atoms with Crippen molar-refractivity contribution in [1.82, 2.24) is 20.5 Å². The number of hydrogen-bond donors (Lipinski definition) is 3. The molecule has 0 saturated carbocycles. The van der Waals surface area contributed by atoms with Crippen LogP contribution >= 0.6 is 0 Å². The summed E-state index contributed by atoms with van der Waals surface area (Å²) < 4.78 is 5.93. The van der Waals surface area contributed by atoms with Crippen molar-refractivity contribution < 1.29 is 19.4 Å². The third-order valence-corrected chi connectivity index (χ3v) is 6.36. The molecule has 33 heavy (non-hydrogen) atoms. The normalized spacial score (nSPS) is 17.5. The zero-order chi connectivity index (χ0) is 23.2. The van der Waals surface area contributed by atoms with Gasteiger partial charge in [-0.25, -0.2) is 4.98 Å². The summed E-state index contributed by atoms with van der Waals surface area (Å²) in [5, 5.41) is 16.5. The molecule has 0 unspecified atom stereocenters. The van der Waals surface area contributed by atoms with E-state index in [1.807, 2.05) is 4.90 Å². The average Bonchev–Trinajstić information content (AvgIpc) is 3.25. The first kappa shape index (κ1) is 23.2. The first-order chi connectivity index (χ1) is 16.0. The second-order valence-electron chi connectivity index (χ2n) is 8.85. The second kappa shape index (κ2) is 10.8. The number of nitrogens with zero attached hydrogens (tertiary/aromatic N) is 2. The summed E-state index contributed by atoms with van der Waals surface area (Å²) >= 11 is 0. The van der Waals surface area contributed by atoms with Gasteiger partial charge in [0, 0.05) is 69.8 Å². The van der Waals surface area contributed by atoms with Crippen LogP contribution in [0, 0.1) is 0 Å². The van der Waals surface area contributed by atoms with Crippen LogP contribution in [0.3, 0.4) is 0 Å². The first-order valence-corrected chi connectivity index (χ1v) is 11.6. The number of carbonyl (C=O) groups is 2. The maximum absolute atomic E-state index is 12.6. The van der Waals surface area contributed by atoms with E-state index in [1.54, 1.807) is 25.3 Å². The van der Waals surface area contributed by atoms with E-state index in [4.69, 9.17) is 4.74 Å². The van der Waals surface area contributed by atoms with Crippen LogP contribution in [0.1, 0.15) is 41.3 Å². The van der Waals surface area contributed by atoms with Gasteiger partial charge in [0.15, 0.2) is 0 Å². The Balaban J connectivity index is 1.19. The molecule has 1 aliphatic heterocycles. The monoisotopic (exact) mass is 452 g/mol.